The third kappa shape index (κ3) is 4.01. The van der Waals surface area contributed by atoms with E-state index >= 15 is 4.39 Å². The third-order valence-electron chi connectivity index (χ3n) is 12.2. The Bertz CT molecular complexity index is 1230. The molecule has 0 aromatic heterocycles. The van der Waals surface area contributed by atoms with Crippen LogP contribution in [0.15, 0.2) is 23.5 Å². The van der Waals surface area contributed by atoms with Gasteiger partial charge in [0.05, 0.1) is 17.3 Å². The van der Waals surface area contributed by atoms with E-state index in [4.69, 9.17) is 9.47 Å². The van der Waals surface area contributed by atoms with Crippen LogP contribution < -0.4 is 0 Å². The van der Waals surface area contributed by atoms with E-state index in [1.807, 2.05) is 13.8 Å². The molecule has 7 nitrogen and oxygen atoms in total. The normalized spacial score (nSPS) is 42.2. The highest BCUT2D eigenvalue weighted by Crippen LogP contribution is 2.71. The summed E-state index contributed by atoms with van der Waals surface area (Å²) in [6.07, 6.45) is 10.3. The second-order valence-corrected chi connectivity index (χ2v) is 14.2. The number of ketones is 2. The molecule has 0 amide bonds. The van der Waals surface area contributed by atoms with Crippen LogP contribution in [0, 0.1) is 40.4 Å². The van der Waals surface area contributed by atoms with E-state index in [-0.39, 0.29) is 42.3 Å². The Balaban J connectivity index is 1.33. The first-order valence-corrected chi connectivity index (χ1v) is 15.7. The fourth-order valence-corrected chi connectivity index (χ4v) is 9.66. The highest BCUT2D eigenvalue weighted by Gasteiger charge is 2.76. The molecule has 0 aromatic carbocycles. The van der Waals surface area contributed by atoms with E-state index < -0.39 is 58.1 Å². The molecule has 0 heterocycles. The molecule has 1 unspecified atom stereocenters. The van der Waals surface area contributed by atoms with Crippen LogP contribution in [0.1, 0.15) is 97.8 Å². The van der Waals surface area contributed by atoms with Crippen LogP contribution in [0.2, 0.25) is 0 Å². The minimum Gasteiger partial charge on any atom is -0.508 e. The van der Waals surface area contributed by atoms with Crippen LogP contribution in [0.25, 0.3) is 0 Å². The van der Waals surface area contributed by atoms with Crippen LogP contribution in [0.4, 0.5) is 4.39 Å². The zero-order valence-corrected chi connectivity index (χ0v) is 24.5. The number of Topliss-reactive ketones (excluding diaryl/α,β-unsaturated/α-hetero) is 1. The lowest BCUT2D eigenvalue weighted by atomic mass is 9.44. The first-order chi connectivity index (χ1) is 19.4. The highest BCUT2D eigenvalue weighted by atomic mass is 19.1. The lowest BCUT2D eigenvalue weighted by molar-refractivity contribution is -0.207. The molecule has 224 valence electrons. The first kappa shape index (κ1) is 28.6. The molecule has 0 saturated heterocycles. The standard InChI is InChI=1S/C33H43FO7/c1-19-15-25-24-12-11-22-16-23(35)17-26(36)31(22,3)32(24,34)14-13-30(25,2)33(19,41-29(39)21-9-10-21)27(37)18-40-28(38)20-7-5-4-6-8-20/h16-17,19-21,24-25,35H,4-15,18H2,1-3H3/t19-,24+,25+,30+,31-,32?,33+/m1/s1. The summed E-state index contributed by atoms with van der Waals surface area (Å²) in [5.41, 5.74) is -5.03. The maximum atomic E-state index is 17.5. The molecule has 0 bridgehead atoms. The fraction of sp³-hybridized carbons (Fsp3) is 0.758. The van der Waals surface area contributed by atoms with Gasteiger partial charge in [-0.15, -0.1) is 0 Å². The van der Waals surface area contributed by atoms with Gasteiger partial charge in [-0.2, -0.15) is 0 Å². The van der Waals surface area contributed by atoms with Gasteiger partial charge in [-0.3, -0.25) is 19.2 Å². The summed E-state index contributed by atoms with van der Waals surface area (Å²) in [7, 11) is 0. The number of aliphatic hydroxyl groups is 1. The van der Waals surface area contributed by atoms with Crippen molar-refractivity contribution in [2.45, 2.75) is 109 Å². The van der Waals surface area contributed by atoms with Crippen molar-refractivity contribution in [2.24, 2.45) is 40.4 Å². The van der Waals surface area contributed by atoms with Crippen molar-refractivity contribution in [1.82, 2.24) is 0 Å². The quantitative estimate of drug-likeness (QED) is 0.396. The number of hydrogen-bond acceptors (Lipinski definition) is 7. The van der Waals surface area contributed by atoms with Gasteiger partial charge >= 0.3 is 11.9 Å². The van der Waals surface area contributed by atoms with Crippen LogP contribution in [-0.4, -0.2) is 46.5 Å². The molecule has 6 aliphatic carbocycles. The van der Waals surface area contributed by atoms with Crippen molar-refractivity contribution in [3.05, 3.63) is 23.5 Å². The zero-order chi connectivity index (χ0) is 29.4. The third-order valence-corrected chi connectivity index (χ3v) is 12.2. The van der Waals surface area contributed by atoms with Crippen LogP contribution in [-0.2, 0) is 28.7 Å². The smallest absolute Gasteiger partial charge is 0.309 e. The number of fused-ring (bicyclic) bond motifs is 5. The highest BCUT2D eigenvalue weighted by molar-refractivity contribution is 6.00. The monoisotopic (exact) mass is 570 g/mol. The van der Waals surface area contributed by atoms with Crippen molar-refractivity contribution >= 4 is 23.5 Å². The molecular weight excluding hydrogens is 527 g/mol. The fourth-order valence-electron chi connectivity index (χ4n) is 9.66. The molecule has 41 heavy (non-hydrogen) atoms. The predicted molar refractivity (Wildman–Crippen MR) is 147 cm³/mol. The van der Waals surface area contributed by atoms with Gasteiger partial charge in [0.25, 0.3) is 0 Å². The number of aliphatic hydroxyl groups excluding tert-OH is 1. The largest absolute Gasteiger partial charge is 0.508 e. The maximum absolute atomic E-state index is 17.5. The van der Waals surface area contributed by atoms with Crippen LogP contribution in [0.5, 0.6) is 0 Å². The van der Waals surface area contributed by atoms with Gasteiger partial charge in [0.1, 0.15) is 11.4 Å². The summed E-state index contributed by atoms with van der Waals surface area (Å²) in [5, 5.41) is 10.1. The summed E-state index contributed by atoms with van der Waals surface area (Å²) < 4.78 is 29.4. The number of allylic oxidation sites excluding steroid dienone is 3. The Morgan fingerprint density at radius 2 is 1.63 bits per heavy atom. The summed E-state index contributed by atoms with van der Waals surface area (Å²) in [4.78, 5) is 53.7. The summed E-state index contributed by atoms with van der Waals surface area (Å²) in [5.74, 6) is -3.43. The molecular formula is C33H43FO7. The average molecular weight is 571 g/mol. The molecule has 0 aromatic rings. The minimum absolute atomic E-state index is 0.0312. The molecule has 0 aliphatic heterocycles. The van der Waals surface area contributed by atoms with Gasteiger partial charge in [-0.25, -0.2) is 4.39 Å². The molecule has 7 atom stereocenters. The van der Waals surface area contributed by atoms with Gasteiger partial charge in [0.15, 0.2) is 18.0 Å². The van der Waals surface area contributed by atoms with Crippen molar-refractivity contribution in [3.8, 4) is 0 Å². The lowest BCUT2D eigenvalue weighted by Crippen LogP contribution is -2.66. The van der Waals surface area contributed by atoms with E-state index in [0.717, 1.165) is 51.0 Å². The van der Waals surface area contributed by atoms with Crippen molar-refractivity contribution in [1.29, 1.82) is 0 Å². The molecule has 1 N–H and O–H groups in total. The van der Waals surface area contributed by atoms with Crippen molar-refractivity contribution in [3.63, 3.8) is 0 Å². The Morgan fingerprint density at radius 3 is 2.32 bits per heavy atom. The van der Waals surface area contributed by atoms with Crippen LogP contribution >= 0.6 is 0 Å². The molecule has 5 saturated carbocycles. The molecule has 8 heteroatoms. The zero-order valence-electron chi connectivity index (χ0n) is 24.5. The van der Waals surface area contributed by atoms with E-state index in [9.17, 15) is 24.3 Å². The Morgan fingerprint density at radius 1 is 0.951 bits per heavy atom. The number of alkyl halides is 1. The van der Waals surface area contributed by atoms with E-state index in [1.165, 1.54) is 6.08 Å². The van der Waals surface area contributed by atoms with Gasteiger partial charge in [0.2, 0.25) is 5.78 Å². The second-order valence-electron chi connectivity index (χ2n) is 14.2. The lowest BCUT2D eigenvalue weighted by Gasteiger charge is -2.61. The van der Waals surface area contributed by atoms with Crippen molar-refractivity contribution < 1.29 is 38.1 Å². The maximum Gasteiger partial charge on any atom is 0.309 e. The number of ether oxygens (including phenoxy) is 2. The molecule has 6 aliphatic rings. The average Bonchev–Trinajstić information content (AvgIpc) is 3.77. The number of carbonyl (C=O) groups excluding carboxylic acids is 4. The van der Waals surface area contributed by atoms with Gasteiger partial charge in [-0.05, 0) is 88.2 Å². The Hall–Kier alpha value is -2.51. The Labute approximate surface area is 241 Å². The molecule has 0 radical (unpaired) electrons. The molecule has 6 rings (SSSR count). The number of esters is 2. The molecule has 5 fully saturated rings. The first-order valence-electron chi connectivity index (χ1n) is 15.7. The summed E-state index contributed by atoms with van der Waals surface area (Å²) in [6, 6.07) is 0. The van der Waals surface area contributed by atoms with Gasteiger partial charge < -0.3 is 14.6 Å². The number of carbonyl (C=O) groups is 4. The SMILES string of the molecule is C[C@@H]1C[C@H]2[C@@H]3CCC4=CC(O)=CC(=O)[C@]4(C)C3(F)CC[C@]2(C)[C@@]1(OC(=O)C1CC1)C(=O)COC(=O)C1CCCCC1. The summed E-state index contributed by atoms with van der Waals surface area (Å²) >= 11 is 0. The predicted octanol–water partition coefficient (Wildman–Crippen LogP) is 5.90. The number of halogens is 1. The van der Waals surface area contributed by atoms with Gasteiger partial charge in [-0.1, -0.05) is 33.1 Å². The topological polar surface area (TPSA) is 107 Å². The number of rotatable bonds is 6. The second kappa shape index (κ2) is 9.77. The van der Waals surface area contributed by atoms with E-state index in [2.05, 4.69) is 0 Å². The van der Waals surface area contributed by atoms with E-state index in [1.54, 1.807) is 6.92 Å². The Kier molecular flexibility index (Phi) is 6.81. The van der Waals surface area contributed by atoms with Gasteiger partial charge in [0, 0.05) is 17.4 Å². The number of hydrogen-bond donors (Lipinski definition) is 1. The van der Waals surface area contributed by atoms with Crippen molar-refractivity contribution in [2.75, 3.05) is 6.61 Å². The minimum atomic E-state index is -1.86. The van der Waals surface area contributed by atoms with Crippen LogP contribution in [0.3, 0.4) is 0 Å². The summed E-state index contributed by atoms with van der Waals surface area (Å²) in [6.45, 7) is 5.04. The van der Waals surface area contributed by atoms with E-state index in [0.29, 0.717) is 24.8 Å². The molecule has 0 spiro atoms.